The SMILES string of the molecule is Cc1ccc2c(c1)C(=O)N(CCCC(=O)N1CCN(c3cc(C)nc(C)n3)CC1)C2=O. The van der Waals surface area contributed by atoms with Gasteiger partial charge in [-0.15, -0.1) is 0 Å². The summed E-state index contributed by atoms with van der Waals surface area (Å²) < 4.78 is 0. The number of aromatic nitrogens is 2. The molecule has 1 saturated heterocycles. The lowest BCUT2D eigenvalue weighted by Gasteiger charge is -2.35. The monoisotopic (exact) mass is 421 g/mol. The average Bonchev–Trinajstić information content (AvgIpc) is 2.97. The molecule has 0 unspecified atom stereocenters. The van der Waals surface area contributed by atoms with Gasteiger partial charge in [0.15, 0.2) is 0 Å². The van der Waals surface area contributed by atoms with Gasteiger partial charge < -0.3 is 9.80 Å². The van der Waals surface area contributed by atoms with Crippen LogP contribution in [0.1, 0.15) is 50.6 Å². The number of carbonyl (C=O) groups is 3. The minimum atomic E-state index is -0.267. The van der Waals surface area contributed by atoms with E-state index < -0.39 is 0 Å². The molecule has 31 heavy (non-hydrogen) atoms. The Morgan fingerprint density at radius 3 is 2.35 bits per heavy atom. The second kappa shape index (κ2) is 8.45. The first-order chi connectivity index (χ1) is 14.8. The van der Waals surface area contributed by atoms with Gasteiger partial charge in [-0.2, -0.15) is 0 Å². The minimum Gasteiger partial charge on any atom is -0.353 e. The number of nitrogens with zero attached hydrogens (tertiary/aromatic N) is 5. The second-order valence-corrected chi connectivity index (χ2v) is 8.20. The van der Waals surface area contributed by atoms with Gasteiger partial charge in [-0.3, -0.25) is 19.3 Å². The topological polar surface area (TPSA) is 86.7 Å². The third kappa shape index (κ3) is 4.28. The van der Waals surface area contributed by atoms with Crippen LogP contribution < -0.4 is 4.90 Å². The molecule has 0 bridgehead atoms. The zero-order valence-electron chi connectivity index (χ0n) is 18.2. The van der Waals surface area contributed by atoms with Gasteiger partial charge >= 0.3 is 0 Å². The Morgan fingerprint density at radius 1 is 0.935 bits per heavy atom. The van der Waals surface area contributed by atoms with E-state index in [9.17, 15) is 14.4 Å². The van der Waals surface area contributed by atoms with Gasteiger partial charge in [-0.05, 0) is 39.3 Å². The Morgan fingerprint density at radius 2 is 1.65 bits per heavy atom. The molecule has 0 aliphatic carbocycles. The molecule has 3 heterocycles. The van der Waals surface area contributed by atoms with Crippen molar-refractivity contribution < 1.29 is 14.4 Å². The molecule has 0 N–H and O–H groups in total. The summed E-state index contributed by atoms with van der Waals surface area (Å²) in [5.41, 5.74) is 2.79. The molecule has 0 radical (unpaired) electrons. The number of benzene rings is 1. The van der Waals surface area contributed by atoms with Crippen molar-refractivity contribution in [1.29, 1.82) is 0 Å². The lowest BCUT2D eigenvalue weighted by atomic mass is 10.1. The maximum Gasteiger partial charge on any atom is 0.261 e. The smallest absolute Gasteiger partial charge is 0.261 e. The Balaban J connectivity index is 1.27. The predicted molar refractivity (Wildman–Crippen MR) is 116 cm³/mol. The molecule has 2 aromatic rings. The summed E-state index contributed by atoms with van der Waals surface area (Å²) in [6.07, 6.45) is 0.784. The molecule has 1 aromatic carbocycles. The van der Waals surface area contributed by atoms with Crippen molar-refractivity contribution in [3.05, 3.63) is 52.5 Å². The molecule has 4 rings (SSSR count). The van der Waals surface area contributed by atoms with Crippen molar-refractivity contribution in [2.75, 3.05) is 37.6 Å². The first-order valence-electron chi connectivity index (χ1n) is 10.7. The summed E-state index contributed by atoms with van der Waals surface area (Å²) >= 11 is 0. The summed E-state index contributed by atoms with van der Waals surface area (Å²) in [7, 11) is 0. The number of imide groups is 1. The molecule has 0 spiro atoms. The number of piperazine rings is 1. The van der Waals surface area contributed by atoms with Crippen LogP contribution in [0.4, 0.5) is 5.82 Å². The minimum absolute atomic E-state index is 0.0575. The van der Waals surface area contributed by atoms with Gasteiger partial charge in [-0.1, -0.05) is 11.6 Å². The highest BCUT2D eigenvalue weighted by Crippen LogP contribution is 2.24. The van der Waals surface area contributed by atoms with E-state index in [1.165, 1.54) is 4.90 Å². The molecule has 8 nitrogen and oxygen atoms in total. The van der Waals surface area contributed by atoms with E-state index in [4.69, 9.17) is 0 Å². The maximum absolute atomic E-state index is 12.6. The average molecular weight is 422 g/mol. The Kier molecular flexibility index (Phi) is 5.71. The molecule has 2 aliphatic heterocycles. The van der Waals surface area contributed by atoms with Gasteiger partial charge in [-0.25, -0.2) is 9.97 Å². The quantitative estimate of drug-likeness (QED) is 0.688. The van der Waals surface area contributed by atoms with Crippen LogP contribution in [0.2, 0.25) is 0 Å². The molecule has 0 atom stereocenters. The zero-order valence-corrected chi connectivity index (χ0v) is 18.2. The number of fused-ring (bicyclic) bond motifs is 1. The fraction of sp³-hybridized carbons (Fsp3) is 0.435. The van der Waals surface area contributed by atoms with Crippen molar-refractivity contribution in [3.63, 3.8) is 0 Å². The maximum atomic E-state index is 12.6. The third-order valence-corrected chi connectivity index (χ3v) is 5.81. The molecule has 162 valence electrons. The molecule has 2 aliphatic rings. The van der Waals surface area contributed by atoms with Gasteiger partial charge in [0, 0.05) is 50.9 Å². The normalized spacial score (nSPS) is 16.2. The van der Waals surface area contributed by atoms with Crippen LogP contribution >= 0.6 is 0 Å². The van der Waals surface area contributed by atoms with Crippen LogP contribution in [-0.2, 0) is 4.79 Å². The van der Waals surface area contributed by atoms with Gasteiger partial charge in [0.25, 0.3) is 11.8 Å². The summed E-state index contributed by atoms with van der Waals surface area (Å²) in [4.78, 5) is 51.8. The summed E-state index contributed by atoms with van der Waals surface area (Å²) in [5, 5.41) is 0. The van der Waals surface area contributed by atoms with E-state index in [0.717, 1.165) is 36.0 Å². The number of hydrogen-bond acceptors (Lipinski definition) is 6. The Hall–Kier alpha value is -3.29. The van der Waals surface area contributed by atoms with E-state index in [1.54, 1.807) is 12.1 Å². The van der Waals surface area contributed by atoms with Gasteiger partial charge in [0.1, 0.15) is 11.6 Å². The Bertz CT molecular complexity index is 1020. The van der Waals surface area contributed by atoms with Crippen molar-refractivity contribution >= 4 is 23.5 Å². The van der Waals surface area contributed by atoms with Crippen LogP contribution in [0.15, 0.2) is 24.3 Å². The standard InChI is InChI=1S/C23H27N5O3/c1-15-6-7-18-19(13-15)23(31)28(22(18)30)8-4-5-21(29)27-11-9-26(10-12-27)20-14-16(2)24-17(3)25-20/h6-7,13-14H,4-5,8-12H2,1-3H3. The number of hydrogen-bond donors (Lipinski definition) is 0. The highest BCUT2D eigenvalue weighted by molar-refractivity contribution is 6.21. The summed E-state index contributed by atoms with van der Waals surface area (Å²) in [6, 6.07) is 7.26. The van der Waals surface area contributed by atoms with Crippen molar-refractivity contribution in [2.24, 2.45) is 0 Å². The summed E-state index contributed by atoms with van der Waals surface area (Å²) in [6.45, 7) is 8.70. The van der Waals surface area contributed by atoms with Crippen molar-refractivity contribution in [2.45, 2.75) is 33.6 Å². The highest BCUT2D eigenvalue weighted by atomic mass is 16.2. The van der Waals surface area contributed by atoms with Crippen LogP contribution in [-0.4, -0.2) is 70.2 Å². The first-order valence-corrected chi connectivity index (χ1v) is 10.7. The van der Waals surface area contributed by atoms with E-state index in [1.807, 2.05) is 37.8 Å². The lowest BCUT2D eigenvalue weighted by Crippen LogP contribution is -2.49. The molecule has 8 heteroatoms. The van der Waals surface area contributed by atoms with Crippen LogP contribution in [0.3, 0.4) is 0 Å². The number of carbonyl (C=O) groups excluding carboxylic acids is 3. The largest absolute Gasteiger partial charge is 0.353 e. The highest BCUT2D eigenvalue weighted by Gasteiger charge is 2.35. The van der Waals surface area contributed by atoms with Crippen LogP contribution in [0, 0.1) is 20.8 Å². The van der Waals surface area contributed by atoms with E-state index in [2.05, 4.69) is 14.9 Å². The second-order valence-electron chi connectivity index (χ2n) is 8.20. The van der Waals surface area contributed by atoms with Crippen LogP contribution in [0.5, 0.6) is 0 Å². The zero-order chi connectivity index (χ0) is 22.1. The van der Waals surface area contributed by atoms with Gasteiger partial charge in [0.05, 0.1) is 11.1 Å². The number of amides is 3. The molecular formula is C23H27N5O3. The first kappa shape index (κ1) is 21.0. The van der Waals surface area contributed by atoms with Crippen molar-refractivity contribution in [3.8, 4) is 0 Å². The molecule has 3 amide bonds. The number of rotatable bonds is 5. The van der Waals surface area contributed by atoms with Gasteiger partial charge in [0.2, 0.25) is 5.91 Å². The molecule has 0 saturated carbocycles. The van der Waals surface area contributed by atoms with Crippen molar-refractivity contribution in [1.82, 2.24) is 19.8 Å². The third-order valence-electron chi connectivity index (χ3n) is 5.81. The predicted octanol–water partition coefficient (Wildman–Crippen LogP) is 2.13. The van der Waals surface area contributed by atoms with E-state index in [0.29, 0.717) is 37.1 Å². The fourth-order valence-corrected chi connectivity index (χ4v) is 4.20. The summed E-state index contributed by atoms with van der Waals surface area (Å²) in [5.74, 6) is 1.17. The van der Waals surface area contributed by atoms with Crippen LogP contribution in [0.25, 0.3) is 0 Å². The number of anilines is 1. The fourth-order valence-electron chi connectivity index (χ4n) is 4.20. The van der Waals surface area contributed by atoms with E-state index in [-0.39, 0.29) is 24.3 Å². The Labute approximate surface area is 181 Å². The number of aryl methyl sites for hydroxylation is 3. The van der Waals surface area contributed by atoms with E-state index >= 15 is 0 Å². The molecular weight excluding hydrogens is 394 g/mol. The lowest BCUT2D eigenvalue weighted by molar-refractivity contribution is -0.131. The molecule has 1 aromatic heterocycles. The molecule has 1 fully saturated rings.